The molecule has 0 amide bonds. The Hall–Kier alpha value is -5.90. The van der Waals surface area contributed by atoms with Gasteiger partial charge in [-0.1, -0.05) is 212 Å². The van der Waals surface area contributed by atoms with Crippen LogP contribution in [0.5, 0.6) is 0 Å². The van der Waals surface area contributed by atoms with Crippen LogP contribution < -0.4 is 0 Å². The third-order valence-corrected chi connectivity index (χ3v) is 12.9. The van der Waals surface area contributed by atoms with E-state index in [4.69, 9.17) is 52.1 Å². The summed E-state index contributed by atoms with van der Waals surface area (Å²) in [6.45, 7) is 2.38. The minimum absolute atomic E-state index is 0.150. The van der Waals surface area contributed by atoms with E-state index >= 15 is 0 Å². The molecule has 11 heteroatoms. The molecule has 380 valence electrons. The smallest absolute Gasteiger partial charge is 0.187 e. The standard InChI is InChI=1S/C62H66O11/c1-63-61-60(58(69-42-51-33-19-7-20-34-51)56(67-40-49-29-15-5-16-30-49)53(71-61)44-64-37-46-23-9-2-10-24-46)73-62-59(70-43-52-35-21-8-22-36-52)57(68-41-50-31-17-6-18-32-50)55(66-39-48-27-13-4-14-28-48)54(72-62)45-65-38-47-25-11-3-12-26-47/h2-36,53-62H,37-45H2,1H3/t53?,54?,55-,56-,57?,58?,59?,60?,61+,62+/m0/s1. The third-order valence-electron chi connectivity index (χ3n) is 12.9. The lowest BCUT2D eigenvalue weighted by Crippen LogP contribution is -2.66. The maximum atomic E-state index is 7.40. The maximum absolute atomic E-state index is 7.40. The van der Waals surface area contributed by atoms with Gasteiger partial charge in [0.2, 0.25) is 0 Å². The molecule has 0 aliphatic carbocycles. The van der Waals surface area contributed by atoms with Crippen LogP contribution >= 0.6 is 0 Å². The van der Waals surface area contributed by atoms with Gasteiger partial charge in [0, 0.05) is 7.11 Å². The Balaban J connectivity index is 1.09. The van der Waals surface area contributed by atoms with Crippen LogP contribution in [0.3, 0.4) is 0 Å². The lowest BCUT2D eigenvalue weighted by atomic mass is 9.96. The minimum atomic E-state index is -1.10. The summed E-state index contributed by atoms with van der Waals surface area (Å²) in [6, 6.07) is 70.4. The van der Waals surface area contributed by atoms with Crippen molar-refractivity contribution in [3.8, 4) is 0 Å². The zero-order chi connectivity index (χ0) is 49.7. The second-order valence-corrected chi connectivity index (χ2v) is 18.2. The summed E-state index contributed by atoms with van der Waals surface area (Å²) in [6.07, 6.45) is -8.11. The van der Waals surface area contributed by atoms with E-state index in [0.717, 1.165) is 38.9 Å². The largest absolute Gasteiger partial charge is 0.374 e. The lowest BCUT2D eigenvalue weighted by Gasteiger charge is -2.50. The van der Waals surface area contributed by atoms with Crippen LogP contribution in [-0.2, 0) is 98.4 Å². The van der Waals surface area contributed by atoms with E-state index < -0.39 is 61.4 Å². The van der Waals surface area contributed by atoms with Gasteiger partial charge in [-0.25, -0.2) is 0 Å². The predicted molar refractivity (Wildman–Crippen MR) is 276 cm³/mol. The van der Waals surface area contributed by atoms with Gasteiger partial charge in [0.05, 0.1) is 59.5 Å². The topological polar surface area (TPSA) is 102 Å². The Morgan fingerprint density at radius 3 is 0.863 bits per heavy atom. The molecule has 2 aliphatic heterocycles. The second kappa shape index (κ2) is 28.0. The molecular weight excluding hydrogens is 921 g/mol. The quantitative estimate of drug-likeness (QED) is 0.0518. The highest BCUT2D eigenvalue weighted by molar-refractivity contribution is 5.19. The molecule has 73 heavy (non-hydrogen) atoms. The maximum Gasteiger partial charge on any atom is 0.187 e. The highest BCUT2D eigenvalue weighted by Crippen LogP contribution is 2.37. The molecule has 2 saturated heterocycles. The average molecular weight is 987 g/mol. The van der Waals surface area contributed by atoms with E-state index in [-0.39, 0.29) is 46.2 Å². The fourth-order valence-electron chi connectivity index (χ4n) is 9.15. The Labute approximate surface area is 429 Å². The van der Waals surface area contributed by atoms with E-state index in [9.17, 15) is 0 Å². The molecule has 2 fully saturated rings. The molecule has 0 bridgehead atoms. The molecule has 9 rings (SSSR count). The molecule has 2 aliphatic rings. The lowest BCUT2D eigenvalue weighted by molar-refractivity contribution is -0.381. The number of benzene rings is 7. The summed E-state index contributed by atoms with van der Waals surface area (Å²) in [4.78, 5) is 0. The zero-order valence-corrected chi connectivity index (χ0v) is 41.3. The summed E-state index contributed by atoms with van der Waals surface area (Å²) in [5.74, 6) is 0. The van der Waals surface area contributed by atoms with Crippen molar-refractivity contribution in [3.63, 3.8) is 0 Å². The van der Waals surface area contributed by atoms with Crippen LogP contribution in [0.4, 0.5) is 0 Å². The van der Waals surface area contributed by atoms with Crippen LogP contribution in [0.1, 0.15) is 38.9 Å². The summed E-state index contributed by atoms with van der Waals surface area (Å²) in [7, 11) is 1.60. The molecule has 2 heterocycles. The van der Waals surface area contributed by atoms with Gasteiger partial charge in [-0.15, -0.1) is 0 Å². The van der Waals surface area contributed by atoms with Crippen molar-refractivity contribution >= 4 is 0 Å². The average Bonchev–Trinajstić information content (AvgIpc) is 3.45. The highest BCUT2D eigenvalue weighted by atomic mass is 16.8. The number of hydrogen-bond donors (Lipinski definition) is 0. The highest BCUT2D eigenvalue weighted by Gasteiger charge is 2.54. The number of hydrogen-bond acceptors (Lipinski definition) is 11. The van der Waals surface area contributed by atoms with Crippen molar-refractivity contribution in [2.75, 3.05) is 20.3 Å². The number of rotatable bonds is 26. The molecule has 7 aromatic carbocycles. The van der Waals surface area contributed by atoms with Crippen LogP contribution in [0.2, 0.25) is 0 Å². The first kappa shape index (κ1) is 52.0. The van der Waals surface area contributed by atoms with E-state index in [1.165, 1.54) is 0 Å². The zero-order valence-electron chi connectivity index (χ0n) is 41.3. The van der Waals surface area contributed by atoms with Gasteiger partial charge < -0.3 is 52.1 Å². The van der Waals surface area contributed by atoms with E-state index in [1.54, 1.807) is 7.11 Å². The van der Waals surface area contributed by atoms with Crippen molar-refractivity contribution < 1.29 is 52.1 Å². The van der Waals surface area contributed by atoms with Gasteiger partial charge in [-0.05, 0) is 38.9 Å². The molecule has 6 unspecified atom stereocenters. The predicted octanol–water partition coefficient (Wildman–Crippen LogP) is 10.8. The van der Waals surface area contributed by atoms with Crippen molar-refractivity contribution in [1.82, 2.24) is 0 Å². The van der Waals surface area contributed by atoms with Crippen molar-refractivity contribution in [2.24, 2.45) is 0 Å². The molecule has 7 aromatic rings. The minimum Gasteiger partial charge on any atom is -0.374 e. The van der Waals surface area contributed by atoms with E-state index in [0.29, 0.717) is 13.2 Å². The summed E-state index contributed by atoms with van der Waals surface area (Å²) < 4.78 is 75.8. The van der Waals surface area contributed by atoms with E-state index in [1.807, 2.05) is 212 Å². The molecule has 0 radical (unpaired) electrons. The first-order valence-corrected chi connectivity index (χ1v) is 25.2. The Kier molecular flexibility index (Phi) is 19.9. The fraction of sp³-hybridized carbons (Fsp3) is 0.323. The normalized spacial score (nSPS) is 24.0. The molecule has 10 atom stereocenters. The van der Waals surface area contributed by atoms with Gasteiger partial charge in [-0.3, -0.25) is 0 Å². The van der Waals surface area contributed by atoms with Crippen molar-refractivity contribution in [1.29, 1.82) is 0 Å². The van der Waals surface area contributed by atoms with Gasteiger partial charge in [0.1, 0.15) is 48.8 Å². The Morgan fingerprint density at radius 1 is 0.288 bits per heavy atom. The first-order chi connectivity index (χ1) is 36.2. The second-order valence-electron chi connectivity index (χ2n) is 18.2. The number of methoxy groups -OCH3 is 1. The van der Waals surface area contributed by atoms with Gasteiger partial charge >= 0.3 is 0 Å². The molecule has 0 spiro atoms. The van der Waals surface area contributed by atoms with Gasteiger partial charge in [0.15, 0.2) is 12.6 Å². The van der Waals surface area contributed by atoms with Crippen LogP contribution in [0.25, 0.3) is 0 Å². The van der Waals surface area contributed by atoms with Gasteiger partial charge in [0.25, 0.3) is 0 Å². The summed E-state index contributed by atoms with van der Waals surface area (Å²) in [5.41, 5.74) is 6.97. The molecule has 0 N–H and O–H groups in total. The van der Waals surface area contributed by atoms with Crippen LogP contribution in [0, 0.1) is 0 Å². The van der Waals surface area contributed by atoms with Crippen LogP contribution in [-0.4, -0.2) is 81.7 Å². The number of ether oxygens (including phenoxy) is 11. The first-order valence-electron chi connectivity index (χ1n) is 25.2. The Bertz CT molecular complexity index is 2560. The fourth-order valence-corrected chi connectivity index (χ4v) is 9.15. The van der Waals surface area contributed by atoms with Crippen molar-refractivity contribution in [3.05, 3.63) is 251 Å². The summed E-state index contributed by atoms with van der Waals surface area (Å²) in [5, 5.41) is 0. The Morgan fingerprint density at radius 2 is 0.548 bits per heavy atom. The van der Waals surface area contributed by atoms with Crippen LogP contribution in [0.15, 0.2) is 212 Å². The third kappa shape index (κ3) is 15.3. The van der Waals surface area contributed by atoms with E-state index in [2.05, 4.69) is 0 Å². The van der Waals surface area contributed by atoms with Crippen molar-refractivity contribution in [2.45, 2.75) is 108 Å². The molecule has 11 nitrogen and oxygen atoms in total. The SMILES string of the molecule is CO[C@@H]1OC(COCc2ccccc2)[C@H](OCc2ccccc2)C(OCc2ccccc2)C1O[C@H]1OC(COCc2ccccc2)[C@H](OCc2ccccc2)C(OCc2ccccc2)C1OCc1ccccc1. The summed E-state index contributed by atoms with van der Waals surface area (Å²) >= 11 is 0. The monoisotopic (exact) mass is 986 g/mol. The molecule has 0 aromatic heterocycles. The molecule has 0 saturated carbocycles. The van der Waals surface area contributed by atoms with Gasteiger partial charge in [-0.2, -0.15) is 0 Å². The molecular formula is C62H66O11.